The van der Waals surface area contributed by atoms with Gasteiger partial charge in [0.25, 0.3) is 0 Å². The molecule has 0 atom stereocenters. The fourth-order valence-electron chi connectivity index (χ4n) is 2.81. The summed E-state index contributed by atoms with van der Waals surface area (Å²) in [6, 6.07) is 17.0. The van der Waals surface area contributed by atoms with E-state index in [0.29, 0.717) is 0 Å². The van der Waals surface area contributed by atoms with Crippen LogP contribution in [0.3, 0.4) is 0 Å². The molecule has 2 aromatic carbocycles. The van der Waals surface area contributed by atoms with E-state index in [1.807, 2.05) is 6.07 Å². The fraction of sp³-hybridized carbons (Fsp3) is 0.316. The number of anilines is 1. The van der Waals surface area contributed by atoms with E-state index in [4.69, 9.17) is 0 Å². The molecule has 3 rings (SSSR count). The molecule has 3 aromatic rings. The molecule has 0 spiro atoms. The molecule has 1 heterocycles. The monoisotopic (exact) mass is 308 g/mol. The number of nitrogens with zero attached hydrogens (tertiary/aromatic N) is 3. The van der Waals surface area contributed by atoms with Gasteiger partial charge in [-0.25, -0.2) is 4.98 Å². The second kappa shape index (κ2) is 6.84. The number of hydrogen-bond acceptors (Lipinski definition) is 3. The summed E-state index contributed by atoms with van der Waals surface area (Å²) in [5, 5.41) is 3.52. The number of aryl methyl sites for hydroxylation is 1. The van der Waals surface area contributed by atoms with Gasteiger partial charge >= 0.3 is 0 Å². The lowest BCUT2D eigenvalue weighted by molar-refractivity contribution is 0.597. The Morgan fingerprint density at radius 1 is 1.04 bits per heavy atom. The van der Waals surface area contributed by atoms with Gasteiger partial charge in [0, 0.05) is 39.4 Å². The van der Waals surface area contributed by atoms with E-state index in [-0.39, 0.29) is 0 Å². The molecule has 0 amide bonds. The number of aromatic nitrogens is 2. The van der Waals surface area contributed by atoms with Gasteiger partial charge in [-0.05, 0) is 36.8 Å². The summed E-state index contributed by atoms with van der Waals surface area (Å²) < 4.78 is 2.28. The minimum Gasteiger partial charge on any atom is -0.378 e. The van der Waals surface area contributed by atoms with E-state index in [0.717, 1.165) is 31.0 Å². The van der Waals surface area contributed by atoms with E-state index in [1.54, 1.807) is 0 Å². The highest BCUT2D eigenvalue weighted by atomic mass is 15.1. The molecule has 0 aliphatic carbocycles. The lowest BCUT2D eigenvalue weighted by Crippen LogP contribution is -2.20. The molecule has 0 aliphatic heterocycles. The van der Waals surface area contributed by atoms with Crippen LogP contribution in [0.1, 0.15) is 11.4 Å². The first kappa shape index (κ1) is 15.6. The van der Waals surface area contributed by atoms with Crippen molar-refractivity contribution >= 4 is 16.7 Å². The van der Waals surface area contributed by atoms with Gasteiger partial charge in [-0.3, -0.25) is 0 Å². The normalized spacial score (nSPS) is 11.1. The van der Waals surface area contributed by atoms with Gasteiger partial charge < -0.3 is 14.8 Å². The molecule has 23 heavy (non-hydrogen) atoms. The van der Waals surface area contributed by atoms with Crippen molar-refractivity contribution < 1.29 is 0 Å². The van der Waals surface area contributed by atoms with Gasteiger partial charge in [-0.2, -0.15) is 0 Å². The molecule has 0 fully saturated rings. The Bertz CT molecular complexity index is 772. The Morgan fingerprint density at radius 2 is 1.78 bits per heavy atom. The van der Waals surface area contributed by atoms with Gasteiger partial charge in [0.15, 0.2) is 0 Å². The zero-order valence-corrected chi connectivity index (χ0v) is 14.1. The average molecular weight is 308 g/mol. The zero-order valence-electron chi connectivity index (χ0n) is 14.1. The molecule has 0 aliphatic rings. The third kappa shape index (κ3) is 3.54. The van der Waals surface area contributed by atoms with Crippen LogP contribution >= 0.6 is 0 Å². The number of hydrogen-bond donors (Lipinski definition) is 1. The van der Waals surface area contributed by atoms with Gasteiger partial charge in [-0.1, -0.05) is 24.3 Å². The van der Waals surface area contributed by atoms with Crippen molar-refractivity contribution in [2.75, 3.05) is 25.5 Å². The van der Waals surface area contributed by atoms with Crippen molar-refractivity contribution in [2.24, 2.45) is 0 Å². The van der Waals surface area contributed by atoms with Gasteiger partial charge in [0.05, 0.1) is 11.0 Å². The maximum Gasteiger partial charge on any atom is 0.106 e. The van der Waals surface area contributed by atoms with Crippen molar-refractivity contribution in [3.63, 3.8) is 0 Å². The molecule has 4 nitrogen and oxygen atoms in total. The second-order valence-corrected chi connectivity index (χ2v) is 6.04. The van der Waals surface area contributed by atoms with E-state index in [2.05, 4.69) is 83.3 Å². The van der Waals surface area contributed by atoms with Crippen LogP contribution in [-0.4, -0.2) is 30.2 Å². The third-order valence-electron chi connectivity index (χ3n) is 4.14. The summed E-state index contributed by atoms with van der Waals surface area (Å²) in [5.41, 5.74) is 4.82. The average Bonchev–Trinajstić information content (AvgIpc) is 2.87. The molecule has 0 unspecified atom stereocenters. The van der Waals surface area contributed by atoms with Gasteiger partial charge in [0.1, 0.15) is 5.82 Å². The van der Waals surface area contributed by atoms with Crippen molar-refractivity contribution in [2.45, 2.75) is 20.0 Å². The molecular weight excluding hydrogens is 284 g/mol. The highest BCUT2D eigenvalue weighted by Gasteiger charge is 2.05. The first-order valence-corrected chi connectivity index (χ1v) is 8.04. The van der Waals surface area contributed by atoms with Crippen LogP contribution in [0, 0.1) is 6.92 Å². The van der Waals surface area contributed by atoms with Gasteiger partial charge in [0.2, 0.25) is 0 Å². The number of imidazole rings is 1. The highest BCUT2D eigenvalue weighted by molar-refractivity contribution is 5.75. The van der Waals surface area contributed by atoms with Crippen LogP contribution in [-0.2, 0) is 13.1 Å². The Kier molecular flexibility index (Phi) is 4.63. The van der Waals surface area contributed by atoms with E-state index >= 15 is 0 Å². The van der Waals surface area contributed by atoms with Crippen LogP contribution < -0.4 is 10.2 Å². The Hall–Kier alpha value is -2.33. The van der Waals surface area contributed by atoms with Crippen LogP contribution in [0.25, 0.3) is 11.0 Å². The summed E-state index contributed by atoms with van der Waals surface area (Å²) in [5.74, 6) is 1.07. The topological polar surface area (TPSA) is 33.1 Å². The van der Waals surface area contributed by atoms with Crippen LogP contribution in [0.15, 0.2) is 48.5 Å². The van der Waals surface area contributed by atoms with Crippen molar-refractivity contribution in [1.29, 1.82) is 0 Å². The lowest BCUT2D eigenvalue weighted by atomic mass is 10.2. The quantitative estimate of drug-likeness (QED) is 0.710. The van der Waals surface area contributed by atoms with Crippen LogP contribution in [0.5, 0.6) is 0 Å². The summed E-state index contributed by atoms with van der Waals surface area (Å²) in [6.07, 6.45) is 0. The molecule has 0 saturated carbocycles. The summed E-state index contributed by atoms with van der Waals surface area (Å²) in [6.45, 7) is 4.82. The number of benzene rings is 2. The maximum atomic E-state index is 4.61. The first-order valence-electron chi connectivity index (χ1n) is 8.04. The fourth-order valence-corrected chi connectivity index (χ4v) is 2.81. The van der Waals surface area contributed by atoms with E-state index in [1.165, 1.54) is 16.8 Å². The molecule has 0 radical (unpaired) electrons. The minimum absolute atomic E-state index is 0.888. The molecule has 1 N–H and O–H groups in total. The second-order valence-electron chi connectivity index (χ2n) is 6.04. The largest absolute Gasteiger partial charge is 0.378 e. The van der Waals surface area contributed by atoms with Crippen molar-refractivity contribution in [3.8, 4) is 0 Å². The van der Waals surface area contributed by atoms with Crippen LogP contribution in [0.2, 0.25) is 0 Å². The number of para-hydroxylation sites is 2. The van der Waals surface area contributed by atoms with E-state index < -0.39 is 0 Å². The van der Waals surface area contributed by atoms with Crippen molar-refractivity contribution in [1.82, 2.24) is 14.9 Å². The maximum absolute atomic E-state index is 4.61. The Balaban J connectivity index is 1.56. The Labute approximate surface area is 137 Å². The number of rotatable bonds is 6. The zero-order chi connectivity index (χ0) is 16.2. The Morgan fingerprint density at radius 3 is 2.52 bits per heavy atom. The summed E-state index contributed by atoms with van der Waals surface area (Å²) in [7, 11) is 4.12. The van der Waals surface area contributed by atoms with E-state index in [9.17, 15) is 0 Å². The predicted octanol–water partition coefficient (Wildman–Crippen LogP) is 3.20. The molecule has 1 aromatic heterocycles. The van der Waals surface area contributed by atoms with Gasteiger partial charge in [-0.15, -0.1) is 0 Å². The summed E-state index contributed by atoms with van der Waals surface area (Å²) >= 11 is 0. The minimum atomic E-state index is 0.888. The molecule has 4 heteroatoms. The predicted molar refractivity (Wildman–Crippen MR) is 96.9 cm³/mol. The number of nitrogens with one attached hydrogen (secondary N) is 1. The molecular formula is C19H24N4. The first-order chi connectivity index (χ1) is 11.1. The summed E-state index contributed by atoms with van der Waals surface area (Å²) in [4.78, 5) is 6.72. The molecule has 0 bridgehead atoms. The smallest absolute Gasteiger partial charge is 0.106 e. The van der Waals surface area contributed by atoms with Crippen molar-refractivity contribution in [3.05, 3.63) is 59.9 Å². The molecule has 120 valence electrons. The molecule has 0 saturated heterocycles. The SMILES string of the molecule is Cc1nc2ccccc2n1CCNCc1ccc(N(C)C)cc1. The standard InChI is InChI=1S/C19H24N4/c1-15-21-18-6-4-5-7-19(18)23(15)13-12-20-14-16-8-10-17(11-9-16)22(2)3/h4-11,20H,12-14H2,1-3H3. The lowest BCUT2D eigenvalue weighted by Gasteiger charge is -2.13. The number of fused-ring (bicyclic) bond motifs is 1. The highest BCUT2D eigenvalue weighted by Crippen LogP contribution is 2.15. The van der Waals surface area contributed by atoms with Crippen LogP contribution in [0.4, 0.5) is 5.69 Å². The third-order valence-corrected chi connectivity index (χ3v) is 4.14.